The molecule has 0 N–H and O–H groups in total. The van der Waals surface area contributed by atoms with Gasteiger partial charge in [-0.3, -0.25) is 9.69 Å². The molecule has 7 nitrogen and oxygen atoms in total. The number of hydrogen-bond acceptors (Lipinski definition) is 6. The van der Waals surface area contributed by atoms with Gasteiger partial charge in [0.2, 0.25) is 5.91 Å². The van der Waals surface area contributed by atoms with E-state index in [1.165, 1.54) is 0 Å². The molecule has 2 fully saturated rings. The first-order valence-corrected chi connectivity index (χ1v) is 8.89. The van der Waals surface area contributed by atoms with E-state index in [9.17, 15) is 10.1 Å². The largest absolute Gasteiger partial charge is 0.375 e. The van der Waals surface area contributed by atoms with Crippen LogP contribution < -0.4 is 4.90 Å². The first-order chi connectivity index (χ1) is 12.2. The van der Waals surface area contributed by atoms with E-state index in [1.54, 1.807) is 18.3 Å². The number of carbonyl (C=O) groups is 1. The summed E-state index contributed by atoms with van der Waals surface area (Å²) in [6.45, 7) is 7.75. The number of aromatic nitrogens is 1. The maximum Gasteiger partial charge on any atom is 0.236 e. The normalized spacial score (nSPS) is 22.3. The molecular weight excluding hydrogens is 318 g/mol. The smallest absolute Gasteiger partial charge is 0.236 e. The zero-order valence-electron chi connectivity index (χ0n) is 14.7. The summed E-state index contributed by atoms with van der Waals surface area (Å²) < 4.78 is 5.51. The van der Waals surface area contributed by atoms with E-state index >= 15 is 0 Å². The minimum absolute atomic E-state index is 0.117. The highest BCUT2D eigenvalue weighted by molar-refractivity contribution is 5.78. The minimum atomic E-state index is 0.117. The Labute approximate surface area is 148 Å². The number of amides is 1. The molecule has 2 aliphatic rings. The Morgan fingerprint density at radius 2 is 2.24 bits per heavy atom. The van der Waals surface area contributed by atoms with E-state index in [1.807, 2.05) is 11.8 Å². The molecule has 1 amide bonds. The van der Waals surface area contributed by atoms with Crippen LogP contribution in [0.3, 0.4) is 0 Å². The maximum absolute atomic E-state index is 12.5. The van der Waals surface area contributed by atoms with Crippen molar-refractivity contribution in [2.24, 2.45) is 0 Å². The Balaban J connectivity index is 1.56. The molecule has 0 aliphatic carbocycles. The molecule has 3 rings (SSSR count). The second-order valence-electron chi connectivity index (χ2n) is 6.62. The average molecular weight is 343 g/mol. The molecular formula is C18H25N5O2. The fourth-order valence-electron chi connectivity index (χ4n) is 3.41. The molecule has 0 spiro atoms. The quantitative estimate of drug-likeness (QED) is 0.805. The lowest BCUT2D eigenvalue weighted by atomic mass is 10.2. The van der Waals surface area contributed by atoms with Gasteiger partial charge in [0.05, 0.1) is 24.8 Å². The van der Waals surface area contributed by atoms with Crippen molar-refractivity contribution in [2.75, 3.05) is 57.3 Å². The van der Waals surface area contributed by atoms with Gasteiger partial charge in [0.25, 0.3) is 0 Å². The second-order valence-corrected chi connectivity index (χ2v) is 6.62. The number of hydrogen-bond donors (Lipinski definition) is 0. The highest BCUT2D eigenvalue weighted by Crippen LogP contribution is 2.18. The van der Waals surface area contributed by atoms with Crippen molar-refractivity contribution in [3.8, 4) is 6.07 Å². The third-order valence-corrected chi connectivity index (χ3v) is 4.75. The SMILES string of the molecule is C[C@@H]1CN(C(=O)CN2CCCN(c3ncccc3C#N)CC2)CCO1. The predicted octanol–water partition coefficient (Wildman–Crippen LogP) is 0.713. The highest BCUT2D eigenvalue weighted by Gasteiger charge is 2.24. The monoisotopic (exact) mass is 343 g/mol. The third kappa shape index (κ3) is 4.47. The molecule has 25 heavy (non-hydrogen) atoms. The van der Waals surface area contributed by atoms with Crippen molar-refractivity contribution in [1.82, 2.24) is 14.8 Å². The Hall–Kier alpha value is -2.17. The molecule has 0 bridgehead atoms. The van der Waals surface area contributed by atoms with E-state index < -0.39 is 0 Å². The summed E-state index contributed by atoms with van der Waals surface area (Å²) >= 11 is 0. The van der Waals surface area contributed by atoms with Crippen LogP contribution in [-0.4, -0.2) is 79.2 Å². The molecule has 0 saturated carbocycles. The van der Waals surface area contributed by atoms with E-state index in [4.69, 9.17) is 4.74 Å². The van der Waals surface area contributed by atoms with Crippen LogP contribution in [0.4, 0.5) is 5.82 Å². The van der Waals surface area contributed by atoms with Crippen molar-refractivity contribution >= 4 is 11.7 Å². The Kier molecular flexibility index (Phi) is 5.84. The molecule has 0 radical (unpaired) electrons. The van der Waals surface area contributed by atoms with Gasteiger partial charge in [-0.25, -0.2) is 4.98 Å². The average Bonchev–Trinajstić information content (AvgIpc) is 2.87. The van der Waals surface area contributed by atoms with Gasteiger partial charge in [0.1, 0.15) is 11.9 Å². The van der Waals surface area contributed by atoms with Crippen molar-refractivity contribution in [2.45, 2.75) is 19.4 Å². The molecule has 1 aromatic rings. The number of nitriles is 1. The zero-order valence-corrected chi connectivity index (χ0v) is 14.7. The van der Waals surface area contributed by atoms with Crippen LogP contribution in [0, 0.1) is 11.3 Å². The van der Waals surface area contributed by atoms with Gasteiger partial charge in [-0.15, -0.1) is 0 Å². The van der Waals surface area contributed by atoms with Crippen LogP contribution in [0.25, 0.3) is 0 Å². The van der Waals surface area contributed by atoms with Crippen molar-refractivity contribution in [3.05, 3.63) is 23.9 Å². The van der Waals surface area contributed by atoms with Crippen molar-refractivity contribution in [1.29, 1.82) is 5.26 Å². The number of nitrogens with zero attached hydrogens (tertiary/aromatic N) is 5. The summed E-state index contributed by atoms with van der Waals surface area (Å²) in [6.07, 6.45) is 2.79. The number of morpholine rings is 1. The standard InChI is InChI=1S/C18H25N5O2/c1-15-13-23(10-11-25-15)17(24)14-21-6-3-7-22(9-8-21)18-16(12-19)4-2-5-20-18/h2,4-5,15H,3,6-11,13-14H2,1H3/t15-/m1/s1. The highest BCUT2D eigenvalue weighted by atomic mass is 16.5. The fourth-order valence-corrected chi connectivity index (χ4v) is 3.41. The minimum Gasteiger partial charge on any atom is -0.375 e. The Bertz CT molecular complexity index is 645. The van der Waals surface area contributed by atoms with Gasteiger partial charge >= 0.3 is 0 Å². The summed E-state index contributed by atoms with van der Waals surface area (Å²) in [5.74, 6) is 0.930. The van der Waals surface area contributed by atoms with E-state index in [0.29, 0.717) is 31.8 Å². The maximum atomic E-state index is 12.5. The number of carbonyl (C=O) groups excluding carboxylic acids is 1. The lowest BCUT2D eigenvalue weighted by Crippen LogP contribution is -2.48. The fraction of sp³-hybridized carbons (Fsp3) is 0.611. The zero-order chi connectivity index (χ0) is 17.6. The number of anilines is 1. The number of ether oxygens (including phenoxy) is 1. The van der Waals surface area contributed by atoms with Crippen LogP contribution in [0.15, 0.2) is 18.3 Å². The molecule has 1 atom stereocenters. The van der Waals surface area contributed by atoms with Gasteiger partial charge in [0, 0.05) is 45.5 Å². The summed E-state index contributed by atoms with van der Waals surface area (Å²) in [7, 11) is 0. The summed E-state index contributed by atoms with van der Waals surface area (Å²) in [5, 5.41) is 9.27. The number of rotatable bonds is 3. The molecule has 1 aromatic heterocycles. The summed E-state index contributed by atoms with van der Waals surface area (Å²) in [5.41, 5.74) is 0.606. The third-order valence-electron chi connectivity index (χ3n) is 4.75. The molecule has 2 aliphatic heterocycles. The van der Waals surface area contributed by atoms with E-state index in [2.05, 4.69) is 20.9 Å². The van der Waals surface area contributed by atoms with Crippen LogP contribution in [-0.2, 0) is 9.53 Å². The first-order valence-electron chi connectivity index (χ1n) is 8.89. The summed E-state index contributed by atoms with van der Waals surface area (Å²) in [4.78, 5) is 23.2. The van der Waals surface area contributed by atoms with Gasteiger partial charge in [-0.2, -0.15) is 5.26 Å². The van der Waals surface area contributed by atoms with E-state index in [-0.39, 0.29) is 12.0 Å². The van der Waals surface area contributed by atoms with E-state index in [0.717, 1.165) is 38.4 Å². The molecule has 134 valence electrons. The topological polar surface area (TPSA) is 72.7 Å². The van der Waals surface area contributed by atoms with Gasteiger partial charge < -0.3 is 14.5 Å². The molecule has 2 saturated heterocycles. The van der Waals surface area contributed by atoms with Crippen molar-refractivity contribution in [3.63, 3.8) is 0 Å². The van der Waals surface area contributed by atoms with Crippen LogP contribution in [0.1, 0.15) is 18.9 Å². The van der Waals surface area contributed by atoms with Crippen LogP contribution in [0.5, 0.6) is 0 Å². The summed E-state index contributed by atoms with van der Waals surface area (Å²) in [6, 6.07) is 5.80. The van der Waals surface area contributed by atoms with Crippen molar-refractivity contribution < 1.29 is 9.53 Å². The Morgan fingerprint density at radius 1 is 1.36 bits per heavy atom. The lowest BCUT2D eigenvalue weighted by molar-refractivity contribution is -0.139. The lowest BCUT2D eigenvalue weighted by Gasteiger charge is -2.32. The van der Waals surface area contributed by atoms with Crippen LogP contribution in [0.2, 0.25) is 0 Å². The number of pyridine rings is 1. The molecule has 0 aromatic carbocycles. The Morgan fingerprint density at radius 3 is 3.04 bits per heavy atom. The second kappa shape index (κ2) is 8.28. The van der Waals surface area contributed by atoms with Gasteiger partial charge in [-0.05, 0) is 25.5 Å². The molecule has 7 heteroatoms. The van der Waals surface area contributed by atoms with Gasteiger partial charge in [-0.1, -0.05) is 0 Å². The predicted molar refractivity (Wildman–Crippen MR) is 94.2 cm³/mol. The molecule has 0 unspecified atom stereocenters. The molecule has 3 heterocycles. The van der Waals surface area contributed by atoms with Crippen LogP contribution >= 0.6 is 0 Å². The van der Waals surface area contributed by atoms with Gasteiger partial charge in [0.15, 0.2) is 0 Å². The first kappa shape index (κ1) is 17.6.